The number of ether oxygens (including phenoxy) is 1. The van der Waals surface area contributed by atoms with Crippen LogP contribution in [0.5, 0.6) is 0 Å². The highest BCUT2D eigenvalue weighted by atomic mass is 19.1. The first kappa shape index (κ1) is 19.9. The molecule has 1 aromatic heterocycles. The van der Waals surface area contributed by atoms with E-state index in [1.165, 1.54) is 6.07 Å². The number of aryl methyl sites for hydroxylation is 1. The van der Waals surface area contributed by atoms with E-state index in [1.54, 1.807) is 18.2 Å². The van der Waals surface area contributed by atoms with Gasteiger partial charge in [-0.1, -0.05) is 36.4 Å². The molecule has 1 unspecified atom stereocenters. The molecule has 2 N–H and O–H groups in total. The fraction of sp³-hybridized carbons (Fsp3) is 0.292. The molecule has 2 aliphatic rings. The predicted molar refractivity (Wildman–Crippen MR) is 113 cm³/mol. The quantitative estimate of drug-likeness (QED) is 0.667. The van der Waals surface area contributed by atoms with Gasteiger partial charge in [-0.15, -0.1) is 0 Å². The SMILES string of the molecule is Cc1oc([C@@H]2OC[C@@H](O)[C@H]2O)cc1C1=NN(c2ccccc2)C(c2ccccc2F)C1. The fourth-order valence-electron chi connectivity index (χ4n) is 4.26. The van der Waals surface area contributed by atoms with Gasteiger partial charge in [0, 0.05) is 17.5 Å². The number of hydrogen-bond donors (Lipinski definition) is 2. The van der Waals surface area contributed by atoms with Gasteiger partial charge < -0.3 is 19.4 Å². The van der Waals surface area contributed by atoms with Crippen LogP contribution in [0.15, 0.2) is 70.2 Å². The largest absolute Gasteiger partial charge is 0.463 e. The first-order valence-electron chi connectivity index (χ1n) is 10.3. The zero-order valence-corrected chi connectivity index (χ0v) is 17.0. The van der Waals surface area contributed by atoms with Crippen LogP contribution in [0.25, 0.3) is 0 Å². The van der Waals surface area contributed by atoms with Crippen molar-refractivity contribution in [3.63, 3.8) is 0 Å². The molecule has 3 aromatic rings. The summed E-state index contributed by atoms with van der Waals surface area (Å²) in [4.78, 5) is 0. The molecule has 4 atom stereocenters. The predicted octanol–water partition coefficient (Wildman–Crippen LogP) is 3.88. The van der Waals surface area contributed by atoms with Crippen LogP contribution in [0.1, 0.15) is 41.2 Å². The molecule has 0 bridgehead atoms. The summed E-state index contributed by atoms with van der Waals surface area (Å²) < 4.78 is 26.0. The maximum absolute atomic E-state index is 14.7. The number of hydrogen-bond acceptors (Lipinski definition) is 6. The van der Waals surface area contributed by atoms with Gasteiger partial charge in [0.15, 0.2) is 0 Å². The monoisotopic (exact) mass is 422 g/mol. The number of furan rings is 1. The fourth-order valence-corrected chi connectivity index (χ4v) is 4.26. The van der Waals surface area contributed by atoms with Gasteiger partial charge in [-0.05, 0) is 31.2 Å². The van der Waals surface area contributed by atoms with E-state index >= 15 is 0 Å². The van der Waals surface area contributed by atoms with E-state index in [-0.39, 0.29) is 18.5 Å². The Morgan fingerprint density at radius 3 is 2.52 bits per heavy atom. The molecule has 5 rings (SSSR count). The van der Waals surface area contributed by atoms with Gasteiger partial charge >= 0.3 is 0 Å². The molecule has 3 heterocycles. The lowest BCUT2D eigenvalue weighted by molar-refractivity contribution is 0.0117. The van der Waals surface area contributed by atoms with E-state index in [9.17, 15) is 14.6 Å². The van der Waals surface area contributed by atoms with E-state index in [4.69, 9.17) is 14.3 Å². The minimum Gasteiger partial charge on any atom is -0.463 e. The van der Waals surface area contributed by atoms with Crippen molar-refractivity contribution in [2.45, 2.75) is 37.7 Å². The zero-order chi connectivity index (χ0) is 21.5. The van der Waals surface area contributed by atoms with Gasteiger partial charge in [0.2, 0.25) is 0 Å². The average molecular weight is 422 g/mol. The number of halogens is 1. The second-order valence-electron chi connectivity index (χ2n) is 7.90. The Bertz CT molecular complexity index is 1110. The summed E-state index contributed by atoms with van der Waals surface area (Å²) in [6, 6.07) is 17.9. The molecule has 1 saturated heterocycles. The molecule has 31 heavy (non-hydrogen) atoms. The number of aliphatic hydroxyl groups excluding tert-OH is 2. The maximum Gasteiger partial charge on any atom is 0.144 e. The van der Waals surface area contributed by atoms with Gasteiger partial charge in [0.25, 0.3) is 0 Å². The lowest BCUT2D eigenvalue weighted by Gasteiger charge is -2.24. The van der Waals surface area contributed by atoms with Crippen molar-refractivity contribution in [2.75, 3.05) is 11.6 Å². The number of rotatable bonds is 4. The van der Waals surface area contributed by atoms with Crippen LogP contribution < -0.4 is 5.01 Å². The molecular weight excluding hydrogens is 399 g/mol. The lowest BCUT2D eigenvalue weighted by atomic mass is 9.97. The third-order valence-electron chi connectivity index (χ3n) is 5.87. The average Bonchev–Trinajstić information content (AvgIpc) is 3.47. The second kappa shape index (κ2) is 7.92. The van der Waals surface area contributed by atoms with Gasteiger partial charge in [-0.25, -0.2) is 4.39 Å². The van der Waals surface area contributed by atoms with Crippen molar-refractivity contribution in [3.8, 4) is 0 Å². The molecule has 0 spiro atoms. The Kier molecular flexibility index (Phi) is 5.09. The lowest BCUT2D eigenvalue weighted by Crippen LogP contribution is -2.24. The second-order valence-corrected chi connectivity index (χ2v) is 7.90. The first-order chi connectivity index (χ1) is 15.0. The highest BCUT2D eigenvalue weighted by molar-refractivity contribution is 6.04. The molecule has 6 nitrogen and oxygen atoms in total. The topological polar surface area (TPSA) is 78.4 Å². The normalized spacial score (nSPS) is 25.8. The Hall–Kier alpha value is -3.00. The number of hydrazone groups is 1. The van der Waals surface area contributed by atoms with Gasteiger partial charge in [-0.2, -0.15) is 5.10 Å². The molecule has 2 aliphatic heterocycles. The summed E-state index contributed by atoms with van der Waals surface area (Å²) in [5.74, 6) is 0.805. The molecule has 160 valence electrons. The Labute approximate surface area is 179 Å². The highest BCUT2D eigenvalue weighted by Gasteiger charge is 2.39. The van der Waals surface area contributed by atoms with Crippen LogP contribution >= 0.6 is 0 Å². The van der Waals surface area contributed by atoms with Gasteiger partial charge in [-0.3, -0.25) is 5.01 Å². The third kappa shape index (κ3) is 3.54. The molecule has 1 fully saturated rings. The molecule has 0 radical (unpaired) electrons. The molecule has 0 amide bonds. The number of anilines is 1. The van der Waals surface area contributed by atoms with Crippen LogP contribution in [-0.2, 0) is 4.74 Å². The molecule has 2 aromatic carbocycles. The van der Waals surface area contributed by atoms with Crippen molar-refractivity contribution in [1.29, 1.82) is 0 Å². The van der Waals surface area contributed by atoms with Crippen LogP contribution in [0, 0.1) is 12.7 Å². The number of aliphatic hydroxyl groups is 2. The maximum atomic E-state index is 14.7. The number of para-hydroxylation sites is 1. The van der Waals surface area contributed by atoms with Crippen molar-refractivity contribution < 1.29 is 23.8 Å². The smallest absolute Gasteiger partial charge is 0.144 e. The van der Waals surface area contributed by atoms with E-state index in [0.29, 0.717) is 23.5 Å². The number of nitrogens with zero attached hydrogens (tertiary/aromatic N) is 2. The molecule has 0 saturated carbocycles. The van der Waals surface area contributed by atoms with Crippen molar-refractivity contribution >= 4 is 11.4 Å². The summed E-state index contributed by atoms with van der Waals surface area (Å²) in [7, 11) is 0. The van der Waals surface area contributed by atoms with Gasteiger partial charge in [0.05, 0.1) is 24.0 Å². The van der Waals surface area contributed by atoms with Gasteiger partial charge in [0.1, 0.15) is 35.6 Å². The van der Waals surface area contributed by atoms with Crippen LogP contribution in [-0.4, -0.2) is 34.7 Å². The minimum atomic E-state index is -1.05. The summed E-state index contributed by atoms with van der Waals surface area (Å²) in [6.07, 6.45) is -2.22. The highest BCUT2D eigenvalue weighted by Crippen LogP contribution is 2.39. The van der Waals surface area contributed by atoms with E-state index in [1.807, 2.05) is 48.3 Å². The van der Waals surface area contributed by atoms with Crippen molar-refractivity contribution in [1.82, 2.24) is 0 Å². The molecule has 0 aliphatic carbocycles. The first-order valence-corrected chi connectivity index (χ1v) is 10.3. The summed E-state index contributed by atoms with van der Waals surface area (Å²) in [6.45, 7) is 1.88. The van der Waals surface area contributed by atoms with E-state index < -0.39 is 18.3 Å². The Balaban J connectivity index is 1.52. The van der Waals surface area contributed by atoms with E-state index in [0.717, 1.165) is 17.0 Å². The van der Waals surface area contributed by atoms with Crippen LogP contribution in [0.3, 0.4) is 0 Å². The molecule has 7 heteroatoms. The summed E-state index contributed by atoms with van der Waals surface area (Å²) in [5, 5.41) is 26.6. The van der Waals surface area contributed by atoms with Crippen molar-refractivity contribution in [3.05, 3.63) is 89.1 Å². The minimum absolute atomic E-state index is 0.0546. The van der Waals surface area contributed by atoms with Crippen LogP contribution in [0.4, 0.5) is 10.1 Å². The standard InChI is InChI=1S/C24H23FN2O4/c1-14-17(11-22(31-14)24-23(29)21(28)13-30-24)19-12-20(16-9-5-6-10-18(16)25)27(26-19)15-7-3-2-4-8-15/h2-11,20-21,23-24,28-29H,12-13H2,1H3/t20?,21-,23-,24+/m1/s1. The summed E-state index contributed by atoms with van der Waals surface area (Å²) >= 11 is 0. The third-order valence-corrected chi connectivity index (χ3v) is 5.87. The van der Waals surface area contributed by atoms with E-state index in [2.05, 4.69) is 0 Å². The number of benzene rings is 2. The zero-order valence-electron chi connectivity index (χ0n) is 17.0. The van der Waals surface area contributed by atoms with Crippen LogP contribution in [0.2, 0.25) is 0 Å². The Morgan fingerprint density at radius 2 is 1.81 bits per heavy atom. The molecular formula is C24H23FN2O4. The summed E-state index contributed by atoms with van der Waals surface area (Å²) in [5.41, 5.74) is 2.98. The van der Waals surface area contributed by atoms with Crippen molar-refractivity contribution in [2.24, 2.45) is 5.10 Å². The Morgan fingerprint density at radius 1 is 1.06 bits per heavy atom.